The van der Waals surface area contributed by atoms with E-state index in [0.29, 0.717) is 31.9 Å². The lowest BCUT2D eigenvalue weighted by Gasteiger charge is -2.36. The van der Waals surface area contributed by atoms with Gasteiger partial charge in [0.2, 0.25) is 5.95 Å². The first-order valence-corrected chi connectivity index (χ1v) is 9.30. The molecule has 2 aromatic carbocycles. The Hall–Kier alpha value is -3.62. The fraction of sp³-hybridized carbons (Fsp3) is 0.190. The van der Waals surface area contributed by atoms with Crippen LogP contribution in [0.3, 0.4) is 0 Å². The van der Waals surface area contributed by atoms with Gasteiger partial charge in [-0.1, -0.05) is 12.1 Å². The second-order valence-corrected chi connectivity index (χ2v) is 6.89. The zero-order valence-corrected chi connectivity index (χ0v) is 15.9. The molecule has 2 heterocycles. The molecule has 154 valence electrons. The topological polar surface area (TPSA) is 75.4 Å². The smallest absolute Gasteiger partial charge is 0.267 e. The summed E-state index contributed by atoms with van der Waals surface area (Å²) in [4.78, 5) is 24.1. The number of carbonyl (C=O) groups excluding carboxylic acids is 1. The summed E-state index contributed by atoms with van der Waals surface area (Å²) in [5, 5.41) is 0. The van der Waals surface area contributed by atoms with Gasteiger partial charge in [-0.2, -0.15) is 0 Å². The number of amides is 1. The molecule has 0 atom stereocenters. The van der Waals surface area contributed by atoms with E-state index in [1.54, 1.807) is 18.2 Å². The Labute approximate surface area is 170 Å². The third-order valence-electron chi connectivity index (χ3n) is 4.88. The number of hydrogen-bond acceptors (Lipinski definition) is 5. The lowest BCUT2D eigenvalue weighted by atomic mass is 10.1. The molecule has 0 saturated carbocycles. The van der Waals surface area contributed by atoms with E-state index >= 15 is 0 Å². The van der Waals surface area contributed by atoms with Gasteiger partial charge in [0.1, 0.15) is 23.1 Å². The number of rotatable bonds is 4. The molecule has 1 aromatic heterocycles. The normalized spacial score (nSPS) is 14.1. The van der Waals surface area contributed by atoms with Crippen LogP contribution in [0.2, 0.25) is 0 Å². The molecule has 1 amide bonds. The monoisotopic (exact) mass is 413 g/mol. The fourth-order valence-corrected chi connectivity index (χ4v) is 3.41. The van der Waals surface area contributed by atoms with Gasteiger partial charge in [-0.25, -0.2) is 23.1 Å². The highest BCUT2D eigenvalue weighted by atomic mass is 19.1. The molecule has 1 fully saturated rings. The second-order valence-electron chi connectivity index (χ2n) is 6.89. The van der Waals surface area contributed by atoms with E-state index in [1.165, 1.54) is 12.1 Å². The average Bonchev–Trinajstić information content (AvgIpc) is 2.73. The summed E-state index contributed by atoms with van der Waals surface area (Å²) in [7, 11) is 0. The Bertz CT molecular complexity index is 1080. The minimum Gasteiger partial charge on any atom is -0.366 e. The number of carbonyl (C=O) groups is 1. The van der Waals surface area contributed by atoms with Gasteiger partial charge in [0.15, 0.2) is 0 Å². The third kappa shape index (κ3) is 4.05. The Morgan fingerprint density at radius 2 is 1.50 bits per heavy atom. The molecule has 9 heteroatoms. The number of piperazine rings is 1. The molecule has 0 aliphatic carbocycles. The van der Waals surface area contributed by atoms with Gasteiger partial charge in [0.05, 0.1) is 11.4 Å². The summed E-state index contributed by atoms with van der Waals surface area (Å²) in [6, 6.07) is 10.8. The van der Waals surface area contributed by atoms with Gasteiger partial charge in [-0.05, 0) is 30.3 Å². The predicted molar refractivity (Wildman–Crippen MR) is 107 cm³/mol. The van der Waals surface area contributed by atoms with Crippen molar-refractivity contribution in [1.29, 1.82) is 0 Å². The van der Waals surface area contributed by atoms with Crippen molar-refractivity contribution >= 4 is 17.5 Å². The van der Waals surface area contributed by atoms with E-state index in [4.69, 9.17) is 5.73 Å². The van der Waals surface area contributed by atoms with Crippen LogP contribution in [-0.2, 0) is 0 Å². The van der Waals surface area contributed by atoms with Crippen LogP contribution in [-0.4, -0.2) is 42.1 Å². The Morgan fingerprint density at radius 3 is 2.13 bits per heavy atom. The quantitative estimate of drug-likeness (QED) is 0.712. The standard InChI is InChI=1S/C21H18F3N5O/c22-14-9-13(10-15(23)11-14)17-12-18(20(25)30)27-21(26-17)29-7-5-28(6-8-29)19-4-2-1-3-16(19)24/h1-4,9-12H,5-8H2,(H2,25,30). The van der Waals surface area contributed by atoms with Crippen molar-refractivity contribution in [1.82, 2.24) is 9.97 Å². The fourth-order valence-electron chi connectivity index (χ4n) is 3.41. The highest BCUT2D eigenvalue weighted by Gasteiger charge is 2.23. The van der Waals surface area contributed by atoms with Crippen molar-refractivity contribution in [3.8, 4) is 11.3 Å². The number of nitrogens with two attached hydrogens (primary N) is 1. The molecule has 3 aromatic rings. The van der Waals surface area contributed by atoms with E-state index in [2.05, 4.69) is 9.97 Å². The van der Waals surface area contributed by atoms with Gasteiger partial charge < -0.3 is 15.5 Å². The molecule has 0 spiro atoms. The number of halogens is 3. The number of benzene rings is 2. The second kappa shape index (κ2) is 8.02. The van der Waals surface area contributed by atoms with E-state index in [0.717, 1.165) is 18.2 Å². The molecule has 4 rings (SSSR count). The molecule has 1 saturated heterocycles. The predicted octanol–water partition coefficient (Wildman–Crippen LogP) is 2.99. The van der Waals surface area contributed by atoms with Crippen LogP contribution in [0.1, 0.15) is 10.5 Å². The molecule has 1 aliphatic rings. The van der Waals surface area contributed by atoms with Crippen LogP contribution < -0.4 is 15.5 Å². The molecular formula is C21H18F3N5O. The number of hydrogen-bond donors (Lipinski definition) is 1. The molecule has 0 unspecified atom stereocenters. The summed E-state index contributed by atoms with van der Waals surface area (Å²) >= 11 is 0. The zero-order chi connectivity index (χ0) is 21.3. The summed E-state index contributed by atoms with van der Waals surface area (Å²) in [6.45, 7) is 1.95. The van der Waals surface area contributed by atoms with Crippen molar-refractivity contribution in [2.24, 2.45) is 5.73 Å². The highest BCUT2D eigenvalue weighted by molar-refractivity contribution is 5.92. The largest absolute Gasteiger partial charge is 0.366 e. The first-order chi connectivity index (χ1) is 14.4. The molecular weight excluding hydrogens is 395 g/mol. The lowest BCUT2D eigenvalue weighted by molar-refractivity contribution is 0.0995. The van der Waals surface area contributed by atoms with Crippen LogP contribution in [0, 0.1) is 17.5 Å². The maximum Gasteiger partial charge on any atom is 0.267 e. The highest BCUT2D eigenvalue weighted by Crippen LogP contribution is 2.25. The SMILES string of the molecule is NC(=O)c1cc(-c2cc(F)cc(F)c2)nc(N2CCN(c3ccccc3F)CC2)n1. The molecule has 6 nitrogen and oxygen atoms in total. The average molecular weight is 413 g/mol. The van der Waals surface area contributed by atoms with Crippen LogP contribution >= 0.6 is 0 Å². The van der Waals surface area contributed by atoms with E-state index in [-0.39, 0.29) is 28.7 Å². The van der Waals surface area contributed by atoms with Crippen molar-refractivity contribution in [3.05, 3.63) is 71.7 Å². The molecule has 1 aliphatic heterocycles. The Balaban J connectivity index is 1.62. The third-order valence-corrected chi connectivity index (χ3v) is 4.88. The summed E-state index contributed by atoms with van der Waals surface area (Å²) in [5.74, 6) is -2.37. The van der Waals surface area contributed by atoms with Crippen LogP contribution in [0.25, 0.3) is 11.3 Å². The number of anilines is 2. The van der Waals surface area contributed by atoms with Crippen molar-refractivity contribution < 1.29 is 18.0 Å². The van der Waals surface area contributed by atoms with E-state index in [9.17, 15) is 18.0 Å². The van der Waals surface area contributed by atoms with Gasteiger partial charge in [0.25, 0.3) is 5.91 Å². The summed E-state index contributed by atoms with van der Waals surface area (Å²) in [6.07, 6.45) is 0. The number of nitrogens with zero attached hydrogens (tertiary/aromatic N) is 4. The van der Waals surface area contributed by atoms with Crippen LogP contribution in [0.4, 0.5) is 24.8 Å². The van der Waals surface area contributed by atoms with Crippen molar-refractivity contribution in [3.63, 3.8) is 0 Å². The van der Waals surface area contributed by atoms with Crippen molar-refractivity contribution in [2.75, 3.05) is 36.0 Å². The van der Waals surface area contributed by atoms with E-state index < -0.39 is 17.5 Å². The number of primary amides is 1. The molecule has 0 radical (unpaired) electrons. The van der Waals surface area contributed by atoms with Gasteiger partial charge >= 0.3 is 0 Å². The zero-order valence-electron chi connectivity index (χ0n) is 15.9. The molecule has 2 N–H and O–H groups in total. The maximum absolute atomic E-state index is 14.0. The van der Waals surface area contributed by atoms with Gasteiger partial charge in [-0.15, -0.1) is 0 Å². The first kappa shape index (κ1) is 19.7. The maximum atomic E-state index is 14.0. The Morgan fingerprint density at radius 1 is 0.867 bits per heavy atom. The minimum absolute atomic E-state index is 0.0591. The number of para-hydroxylation sites is 1. The first-order valence-electron chi connectivity index (χ1n) is 9.30. The van der Waals surface area contributed by atoms with Crippen LogP contribution in [0.5, 0.6) is 0 Å². The lowest BCUT2D eigenvalue weighted by Crippen LogP contribution is -2.47. The van der Waals surface area contributed by atoms with Gasteiger partial charge in [-0.3, -0.25) is 4.79 Å². The summed E-state index contributed by atoms with van der Waals surface area (Å²) in [5.41, 5.74) is 6.20. The van der Waals surface area contributed by atoms with Crippen LogP contribution in [0.15, 0.2) is 48.5 Å². The Kier molecular flexibility index (Phi) is 5.26. The summed E-state index contributed by atoms with van der Waals surface area (Å²) < 4.78 is 41.3. The molecule has 30 heavy (non-hydrogen) atoms. The molecule has 0 bridgehead atoms. The minimum atomic E-state index is -0.776. The van der Waals surface area contributed by atoms with Gasteiger partial charge in [0, 0.05) is 37.8 Å². The number of aromatic nitrogens is 2. The van der Waals surface area contributed by atoms with Crippen molar-refractivity contribution in [2.45, 2.75) is 0 Å². The van der Waals surface area contributed by atoms with E-state index in [1.807, 2.05) is 9.80 Å².